The van der Waals surface area contributed by atoms with Crippen molar-refractivity contribution in [2.24, 2.45) is 0 Å². The number of rotatable bonds is 35. The number of quaternary nitrogens is 1. The van der Waals surface area contributed by atoms with E-state index in [4.69, 9.17) is 14.2 Å². The molecule has 0 saturated heterocycles. The number of hydrogen-bond donors (Lipinski definition) is 0. The first kappa shape index (κ1) is 47.5. The van der Waals surface area contributed by atoms with E-state index in [1.54, 1.807) is 21.1 Å². The highest BCUT2D eigenvalue weighted by atomic mass is 16.6. The molecule has 0 saturated carbocycles. The molecule has 290 valence electrons. The third kappa shape index (κ3) is 31.5. The molecule has 50 heavy (non-hydrogen) atoms. The fourth-order valence-electron chi connectivity index (χ4n) is 5.67. The van der Waals surface area contributed by atoms with Gasteiger partial charge in [0.2, 0.25) is 0 Å². The summed E-state index contributed by atoms with van der Waals surface area (Å²) in [6, 6.07) is -0.728. The molecule has 0 aromatic carbocycles. The average molecular weight is 706 g/mol. The molecule has 0 rings (SSSR count). The van der Waals surface area contributed by atoms with Crippen molar-refractivity contribution in [3.05, 3.63) is 36.5 Å². The largest absolute Gasteiger partial charge is 0.544 e. The summed E-state index contributed by atoms with van der Waals surface area (Å²) in [5, 5.41) is 11.6. The maximum absolute atomic E-state index is 12.7. The summed E-state index contributed by atoms with van der Waals surface area (Å²) in [5.41, 5.74) is 0. The predicted octanol–water partition coefficient (Wildman–Crippen LogP) is 8.96. The van der Waals surface area contributed by atoms with E-state index >= 15 is 0 Å². The van der Waals surface area contributed by atoms with Gasteiger partial charge < -0.3 is 28.6 Å². The van der Waals surface area contributed by atoms with Gasteiger partial charge in [-0.05, 0) is 44.9 Å². The van der Waals surface area contributed by atoms with Crippen LogP contribution < -0.4 is 5.11 Å². The zero-order chi connectivity index (χ0) is 37.1. The lowest BCUT2D eigenvalue weighted by atomic mass is 10.0. The van der Waals surface area contributed by atoms with Crippen molar-refractivity contribution >= 4 is 17.9 Å². The van der Waals surface area contributed by atoms with Crippen LogP contribution in [0, 0.1) is 0 Å². The van der Waals surface area contributed by atoms with Crippen LogP contribution in [0.25, 0.3) is 0 Å². The Labute approximate surface area is 306 Å². The van der Waals surface area contributed by atoms with Gasteiger partial charge in [0.1, 0.15) is 12.6 Å². The number of ether oxygens (including phenoxy) is 3. The van der Waals surface area contributed by atoms with Gasteiger partial charge in [0.05, 0.1) is 40.3 Å². The molecule has 0 N–H and O–H groups in total. The number of esters is 2. The number of nitrogens with zero attached hydrogens (tertiary/aromatic N) is 1. The van der Waals surface area contributed by atoms with E-state index in [9.17, 15) is 19.5 Å². The lowest BCUT2D eigenvalue weighted by Gasteiger charge is -2.34. The topological polar surface area (TPSA) is 102 Å². The van der Waals surface area contributed by atoms with Gasteiger partial charge >= 0.3 is 11.9 Å². The minimum Gasteiger partial charge on any atom is -0.544 e. The van der Waals surface area contributed by atoms with Crippen molar-refractivity contribution in [1.29, 1.82) is 0 Å². The number of unbranched alkanes of at least 4 members (excludes halogenated alkanes) is 15. The highest BCUT2D eigenvalue weighted by Gasteiger charge is 2.25. The van der Waals surface area contributed by atoms with E-state index in [2.05, 4.69) is 50.3 Å². The van der Waals surface area contributed by atoms with Gasteiger partial charge in [0.15, 0.2) is 6.10 Å². The molecule has 2 atom stereocenters. The Morgan fingerprint density at radius 2 is 1.12 bits per heavy atom. The van der Waals surface area contributed by atoms with Crippen LogP contribution in [0.15, 0.2) is 36.5 Å². The van der Waals surface area contributed by atoms with E-state index < -0.39 is 18.1 Å². The quantitative estimate of drug-likeness (QED) is 0.0281. The van der Waals surface area contributed by atoms with Crippen molar-refractivity contribution in [3.63, 3.8) is 0 Å². The van der Waals surface area contributed by atoms with Crippen LogP contribution in [0.5, 0.6) is 0 Å². The summed E-state index contributed by atoms with van der Waals surface area (Å²) in [5.74, 6) is -1.78. The third-order valence-corrected chi connectivity index (χ3v) is 8.79. The van der Waals surface area contributed by atoms with Crippen LogP contribution >= 0.6 is 0 Å². The zero-order valence-electron chi connectivity index (χ0n) is 32.8. The van der Waals surface area contributed by atoms with Crippen molar-refractivity contribution in [1.82, 2.24) is 0 Å². The van der Waals surface area contributed by atoms with Gasteiger partial charge in [-0.15, -0.1) is 0 Å². The lowest BCUT2D eigenvalue weighted by molar-refractivity contribution is -0.889. The van der Waals surface area contributed by atoms with Crippen molar-refractivity contribution in [3.8, 4) is 0 Å². The minimum absolute atomic E-state index is 0.0306. The Morgan fingerprint density at radius 3 is 1.66 bits per heavy atom. The van der Waals surface area contributed by atoms with E-state index in [1.165, 1.54) is 70.6 Å². The van der Waals surface area contributed by atoms with E-state index in [1.807, 2.05) is 0 Å². The highest BCUT2D eigenvalue weighted by molar-refractivity contribution is 5.70. The van der Waals surface area contributed by atoms with E-state index in [-0.39, 0.29) is 42.7 Å². The van der Waals surface area contributed by atoms with Gasteiger partial charge in [-0.1, -0.05) is 134 Å². The summed E-state index contributed by atoms with van der Waals surface area (Å²) in [4.78, 5) is 36.7. The Morgan fingerprint density at radius 1 is 0.620 bits per heavy atom. The smallest absolute Gasteiger partial charge is 0.306 e. The molecule has 0 aromatic heterocycles. The van der Waals surface area contributed by atoms with Crippen LogP contribution in [-0.4, -0.2) is 75.5 Å². The fraction of sp³-hybridized carbons (Fsp3) is 0.786. The number of aliphatic carboxylic acids is 1. The summed E-state index contributed by atoms with van der Waals surface area (Å²) in [7, 11) is 5.39. The van der Waals surface area contributed by atoms with E-state index in [0.29, 0.717) is 12.8 Å². The van der Waals surface area contributed by atoms with Gasteiger partial charge in [-0.3, -0.25) is 9.59 Å². The second kappa shape index (κ2) is 33.7. The number of hydrogen-bond acceptors (Lipinski definition) is 7. The molecule has 0 spiro atoms. The molecule has 0 aliphatic carbocycles. The molecule has 2 unspecified atom stereocenters. The van der Waals surface area contributed by atoms with Crippen LogP contribution in [0.2, 0.25) is 0 Å². The molecule has 0 aromatic rings. The van der Waals surface area contributed by atoms with Crippen LogP contribution in [0.3, 0.4) is 0 Å². The number of carbonyl (C=O) groups is 3. The Balaban J connectivity index is 4.44. The SMILES string of the molecule is CC/C=C/C/C=C/C/C=C/CCCCC(=O)OCC(COCCC(C(=O)[O-])[N+](C)(C)C)OC(=O)CCCCCCCCCCCCCCCC. The molecule has 0 aliphatic heterocycles. The molecule has 0 radical (unpaired) electrons. The minimum atomic E-state index is -1.13. The number of allylic oxidation sites excluding steroid dienone is 6. The third-order valence-electron chi connectivity index (χ3n) is 8.79. The first-order chi connectivity index (χ1) is 24.1. The van der Waals surface area contributed by atoms with Gasteiger partial charge in [0, 0.05) is 19.3 Å². The van der Waals surface area contributed by atoms with Crippen LogP contribution in [0.1, 0.15) is 162 Å². The number of carboxylic acid groups (broad SMARTS) is 1. The molecule has 0 aliphatic rings. The number of carbonyl (C=O) groups excluding carboxylic acids is 3. The number of carboxylic acids is 1. The van der Waals surface area contributed by atoms with Gasteiger partial charge in [-0.2, -0.15) is 0 Å². The summed E-state index contributed by atoms with van der Waals surface area (Å²) >= 11 is 0. The molecule has 8 nitrogen and oxygen atoms in total. The number of likely N-dealkylation sites (N-methyl/N-ethyl adjacent to an activating group) is 1. The molecule has 0 amide bonds. The predicted molar refractivity (Wildman–Crippen MR) is 203 cm³/mol. The monoisotopic (exact) mass is 706 g/mol. The van der Waals surface area contributed by atoms with Crippen molar-refractivity contribution in [2.45, 2.75) is 174 Å². The van der Waals surface area contributed by atoms with Crippen molar-refractivity contribution in [2.75, 3.05) is 41.0 Å². The highest BCUT2D eigenvalue weighted by Crippen LogP contribution is 2.14. The van der Waals surface area contributed by atoms with Crippen molar-refractivity contribution < 1.29 is 38.2 Å². The molecule has 8 heteroatoms. The lowest BCUT2D eigenvalue weighted by Crippen LogP contribution is -2.55. The van der Waals surface area contributed by atoms with Crippen LogP contribution in [-0.2, 0) is 28.6 Å². The second-order valence-corrected chi connectivity index (χ2v) is 14.5. The average Bonchev–Trinajstić information content (AvgIpc) is 3.06. The molecule has 0 bridgehead atoms. The first-order valence-electron chi connectivity index (χ1n) is 20.0. The van der Waals surface area contributed by atoms with Gasteiger partial charge in [-0.25, -0.2) is 0 Å². The summed E-state index contributed by atoms with van der Waals surface area (Å²) in [6.07, 6.45) is 36.0. The Kier molecular flexibility index (Phi) is 32.0. The molecule has 0 heterocycles. The fourth-order valence-corrected chi connectivity index (χ4v) is 5.67. The Bertz CT molecular complexity index is 922. The maximum Gasteiger partial charge on any atom is 0.306 e. The van der Waals surface area contributed by atoms with E-state index in [0.717, 1.165) is 57.8 Å². The van der Waals surface area contributed by atoms with Gasteiger partial charge in [0.25, 0.3) is 0 Å². The Hall–Kier alpha value is -2.45. The summed E-state index contributed by atoms with van der Waals surface area (Å²) < 4.78 is 17.1. The maximum atomic E-state index is 12.7. The van der Waals surface area contributed by atoms with Crippen LogP contribution in [0.4, 0.5) is 0 Å². The first-order valence-corrected chi connectivity index (χ1v) is 20.0. The second-order valence-electron chi connectivity index (χ2n) is 14.5. The summed E-state index contributed by atoms with van der Waals surface area (Å²) in [6.45, 7) is 4.50. The molecule has 0 fully saturated rings. The molecular formula is C42H75NO7. The normalized spacial score (nSPS) is 13.4. The zero-order valence-corrected chi connectivity index (χ0v) is 32.8. The molecular weight excluding hydrogens is 630 g/mol. The standard InChI is InChI=1S/C42H75NO7/c1-6-8-10-12-14-16-18-20-21-23-25-27-29-31-33-41(45)50-38(36-48-35-34-39(42(46)47)43(3,4)5)37-49-40(44)32-30-28-26-24-22-19-17-15-13-11-9-7-2/h9,11,15,17,22,24,38-39H,6-8,10,12-14,16,18-21,23,25-37H2,1-5H3/b11-9+,17-15+,24-22+.